The van der Waals surface area contributed by atoms with Gasteiger partial charge in [0.15, 0.2) is 0 Å². The summed E-state index contributed by atoms with van der Waals surface area (Å²) in [6, 6.07) is 8.80. The number of urea groups is 1. The van der Waals surface area contributed by atoms with Gasteiger partial charge in [-0.05, 0) is 43.7 Å². The first-order valence-electron chi connectivity index (χ1n) is 7.33. The van der Waals surface area contributed by atoms with Gasteiger partial charge in [-0.25, -0.2) is 4.79 Å². The zero-order valence-corrected chi connectivity index (χ0v) is 11.9. The molecule has 0 bridgehead atoms. The molecule has 1 aliphatic rings. The van der Waals surface area contributed by atoms with E-state index >= 15 is 0 Å². The Bertz CT molecular complexity index is 431. The first-order chi connectivity index (χ1) is 9.20. The molecule has 0 aromatic heterocycles. The molecule has 0 aliphatic heterocycles. The number of carbonyl (C=O) groups excluding carboxylic acids is 1. The van der Waals surface area contributed by atoms with E-state index in [1.54, 1.807) is 0 Å². The molecule has 0 saturated heterocycles. The number of carbonyl (C=O) groups is 1. The Labute approximate surface area is 115 Å². The second kappa shape index (κ2) is 6.60. The van der Waals surface area contributed by atoms with Gasteiger partial charge in [-0.3, -0.25) is 0 Å². The number of nitrogens with one attached hydrogen (secondary N) is 2. The molecule has 2 atom stereocenters. The predicted molar refractivity (Wildman–Crippen MR) is 78.4 cm³/mol. The van der Waals surface area contributed by atoms with Gasteiger partial charge >= 0.3 is 6.03 Å². The first kappa shape index (κ1) is 13.9. The molecule has 2 unspecified atom stereocenters. The Morgan fingerprint density at radius 3 is 3.00 bits per heavy atom. The van der Waals surface area contributed by atoms with Crippen molar-refractivity contribution < 1.29 is 4.79 Å². The van der Waals surface area contributed by atoms with E-state index in [1.807, 2.05) is 6.92 Å². The number of fused-ring (bicyclic) bond motifs is 1. The lowest BCUT2D eigenvalue weighted by Crippen LogP contribution is -2.42. The van der Waals surface area contributed by atoms with Crippen LogP contribution in [0.15, 0.2) is 24.3 Å². The average Bonchev–Trinajstić information content (AvgIpc) is 2.44. The fourth-order valence-electron chi connectivity index (χ4n) is 2.66. The van der Waals surface area contributed by atoms with Gasteiger partial charge in [-0.1, -0.05) is 31.2 Å². The molecule has 0 radical (unpaired) electrons. The van der Waals surface area contributed by atoms with Gasteiger partial charge < -0.3 is 10.6 Å². The van der Waals surface area contributed by atoms with E-state index in [2.05, 4.69) is 41.8 Å². The van der Waals surface area contributed by atoms with E-state index in [1.165, 1.54) is 30.4 Å². The molecule has 3 heteroatoms. The summed E-state index contributed by atoms with van der Waals surface area (Å²) in [7, 11) is 0. The van der Waals surface area contributed by atoms with E-state index in [-0.39, 0.29) is 12.1 Å². The number of hydrogen-bond acceptors (Lipinski definition) is 1. The van der Waals surface area contributed by atoms with Crippen molar-refractivity contribution in [2.45, 2.75) is 51.5 Å². The second-order valence-corrected chi connectivity index (χ2v) is 5.45. The molecular weight excluding hydrogens is 236 g/mol. The van der Waals surface area contributed by atoms with Crippen LogP contribution in [0.5, 0.6) is 0 Å². The Kier molecular flexibility index (Phi) is 4.83. The van der Waals surface area contributed by atoms with E-state index < -0.39 is 0 Å². The third-order valence-corrected chi connectivity index (χ3v) is 3.99. The highest BCUT2D eigenvalue weighted by molar-refractivity contribution is 5.74. The quantitative estimate of drug-likeness (QED) is 0.857. The van der Waals surface area contributed by atoms with Crippen LogP contribution in [0.25, 0.3) is 0 Å². The van der Waals surface area contributed by atoms with Gasteiger partial charge in [0.1, 0.15) is 0 Å². The third-order valence-electron chi connectivity index (χ3n) is 3.99. The molecule has 1 aromatic carbocycles. The van der Waals surface area contributed by atoms with Gasteiger partial charge in [0.25, 0.3) is 0 Å². The highest BCUT2D eigenvalue weighted by atomic mass is 16.2. The molecule has 19 heavy (non-hydrogen) atoms. The third kappa shape index (κ3) is 3.72. The standard InChI is InChI=1S/C16H24N2O/c1-3-12(2)18-16(19)17-11-14-9-6-8-13-7-4-5-10-15(13)14/h4-5,7,10,12,14H,3,6,8-9,11H2,1-2H3,(H2,17,18,19). The van der Waals surface area contributed by atoms with Gasteiger partial charge in [0.2, 0.25) is 0 Å². The van der Waals surface area contributed by atoms with Crippen molar-refractivity contribution in [3.8, 4) is 0 Å². The molecule has 3 nitrogen and oxygen atoms in total. The van der Waals surface area contributed by atoms with Crippen molar-refractivity contribution in [3.63, 3.8) is 0 Å². The monoisotopic (exact) mass is 260 g/mol. The minimum atomic E-state index is -0.0441. The molecule has 0 saturated carbocycles. The molecule has 104 valence electrons. The molecule has 2 N–H and O–H groups in total. The molecule has 0 fully saturated rings. The maximum atomic E-state index is 11.7. The van der Waals surface area contributed by atoms with Crippen LogP contribution in [0.3, 0.4) is 0 Å². The van der Waals surface area contributed by atoms with Crippen molar-refractivity contribution in [2.24, 2.45) is 0 Å². The maximum absolute atomic E-state index is 11.7. The van der Waals surface area contributed by atoms with E-state index in [4.69, 9.17) is 0 Å². The van der Waals surface area contributed by atoms with Crippen LogP contribution in [-0.2, 0) is 6.42 Å². The van der Waals surface area contributed by atoms with Crippen molar-refractivity contribution in [3.05, 3.63) is 35.4 Å². The summed E-state index contributed by atoms with van der Waals surface area (Å²) in [5.41, 5.74) is 2.86. The molecule has 1 aliphatic carbocycles. The van der Waals surface area contributed by atoms with Crippen molar-refractivity contribution >= 4 is 6.03 Å². The molecule has 0 heterocycles. The topological polar surface area (TPSA) is 41.1 Å². The Morgan fingerprint density at radius 2 is 2.21 bits per heavy atom. The van der Waals surface area contributed by atoms with Crippen LogP contribution in [0, 0.1) is 0 Å². The number of benzene rings is 1. The molecule has 1 aromatic rings. The SMILES string of the molecule is CCC(C)NC(=O)NCC1CCCc2ccccc21. The van der Waals surface area contributed by atoms with Gasteiger partial charge in [-0.2, -0.15) is 0 Å². The Morgan fingerprint density at radius 1 is 1.42 bits per heavy atom. The van der Waals surface area contributed by atoms with Gasteiger partial charge in [0, 0.05) is 18.5 Å². The minimum absolute atomic E-state index is 0.0441. The Hall–Kier alpha value is -1.51. The predicted octanol–water partition coefficient (Wildman–Crippen LogP) is 3.20. The van der Waals surface area contributed by atoms with Gasteiger partial charge in [0.05, 0.1) is 0 Å². The van der Waals surface area contributed by atoms with Crippen LogP contribution >= 0.6 is 0 Å². The van der Waals surface area contributed by atoms with E-state index in [0.717, 1.165) is 13.0 Å². The molecule has 2 amide bonds. The number of amides is 2. The molecule has 0 spiro atoms. The summed E-state index contributed by atoms with van der Waals surface area (Å²) in [6.45, 7) is 4.83. The molecule has 2 rings (SSSR count). The molecular formula is C16H24N2O. The normalized spacial score (nSPS) is 19.4. The van der Waals surface area contributed by atoms with Crippen molar-refractivity contribution in [1.82, 2.24) is 10.6 Å². The lowest BCUT2D eigenvalue weighted by atomic mass is 9.83. The zero-order valence-electron chi connectivity index (χ0n) is 11.9. The maximum Gasteiger partial charge on any atom is 0.315 e. The lowest BCUT2D eigenvalue weighted by Gasteiger charge is -2.26. The summed E-state index contributed by atoms with van der Waals surface area (Å²) >= 11 is 0. The first-order valence-corrected chi connectivity index (χ1v) is 7.33. The lowest BCUT2D eigenvalue weighted by molar-refractivity contribution is 0.236. The zero-order chi connectivity index (χ0) is 13.7. The number of aryl methyl sites for hydroxylation is 1. The highest BCUT2D eigenvalue weighted by Crippen LogP contribution is 2.30. The summed E-state index contributed by atoms with van der Waals surface area (Å²) in [4.78, 5) is 11.7. The number of hydrogen-bond donors (Lipinski definition) is 2. The summed E-state index contributed by atoms with van der Waals surface area (Å²) in [5, 5.41) is 5.95. The fraction of sp³-hybridized carbons (Fsp3) is 0.562. The van der Waals surface area contributed by atoms with E-state index in [0.29, 0.717) is 5.92 Å². The second-order valence-electron chi connectivity index (χ2n) is 5.45. The fourth-order valence-corrected chi connectivity index (χ4v) is 2.66. The highest BCUT2D eigenvalue weighted by Gasteiger charge is 2.20. The summed E-state index contributed by atoms with van der Waals surface area (Å²) in [6.07, 6.45) is 4.52. The smallest absolute Gasteiger partial charge is 0.315 e. The summed E-state index contributed by atoms with van der Waals surface area (Å²) < 4.78 is 0. The van der Waals surface area contributed by atoms with Crippen LogP contribution < -0.4 is 10.6 Å². The van der Waals surface area contributed by atoms with Crippen LogP contribution in [-0.4, -0.2) is 18.6 Å². The van der Waals surface area contributed by atoms with Crippen molar-refractivity contribution in [1.29, 1.82) is 0 Å². The Balaban J connectivity index is 1.89. The van der Waals surface area contributed by atoms with Crippen molar-refractivity contribution in [2.75, 3.05) is 6.54 Å². The summed E-state index contributed by atoms with van der Waals surface area (Å²) in [5.74, 6) is 0.465. The van der Waals surface area contributed by atoms with Crippen LogP contribution in [0.2, 0.25) is 0 Å². The number of rotatable bonds is 4. The largest absolute Gasteiger partial charge is 0.338 e. The van der Waals surface area contributed by atoms with E-state index in [9.17, 15) is 4.79 Å². The minimum Gasteiger partial charge on any atom is -0.338 e. The van der Waals surface area contributed by atoms with Crippen LogP contribution in [0.4, 0.5) is 4.79 Å². The van der Waals surface area contributed by atoms with Crippen LogP contribution in [0.1, 0.15) is 50.2 Å². The average molecular weight is 260 g/mol. The van der Waals surface area contributed by atoms with Gasteiger partial charge in [-0.15, -0.1) is 0 Å².